The third-order valence-electron chi connectivity index (χ3n) is 2.58. The minimum absolute atomic E-state index is 0.239. The highest BCUT2D eigenvalue weighted by molar-refractivity contribution is 7.14. The first-order valence-corrected chi connectivity index (χ1v) is 6.59. The highest BCUT2D eigenvalue weighted by Gasteiger charge is 2.05. The number of aryl methyl sites for hydroxylation is 1. The van der Waals surface area contributed by atoms with Crippen molar-refractivity contribution in [1.29, 1.82) is 0 Å². The number of thiazole rings is 1. The molecule has 18 heavy (non-hydrogen) atoms. The molecule has 0 aliphatic heterocycles. The number of amides is 1. The van der Waals surface area contributed by atoms with Crippen LogP contribution in [0.3, 0.4) is 0 Å². The summed E-state index contributed by atoms with van der Waals surface area (Å²) in [4.78, 5) is 15.5. The van der Waals surface area contributed by atoms with Gasteiger partial charge < -0.3 is 0 Å². The van der Waals surface area contributed by atoms with Crippen molar-refractivity contribution in [2.75, 3.05) is 5.32 Å². The van der Waals surface area contributed by atoms with Crippen LogP contribution in [0.5, 0.6) is 0 Å². The first-order valence-electron chi connectivity index (χ1n) is 5.71. The van der Waals surface area contributed by atoms with Gasteiger partial charge in [-0.1, -0.05) is 37.8 Å². The SMILES string of the molecule is C=CC(=O)Nc1nc(-c2ccc(CC)cc2)cs1. The summed E-state index contributed by atoms with van der Waals surface area (Å²) in [5.74, 6) is -0.239. The summed E-state index contributed by atoms with van der Waals surface area (Å²) in [5.41, 5.74) is 3.23. The zero-order valence-electron chi connectivity index (χ0n) is 10.1. The molecule has 0 saturated carbocycles. The Labute approximate surface area is 110 Å². The molecule has 0 spiro atoms. The first kappa shape index (κ1) is 12.5. The lowest BCUT2D eigenvalue weighted by atomic mass is 10.1. The molecular weight excluding hydrogens is 244 g/mol. The Morgan fingerprint density at radius 2 is 2.17 bits per heavy atom. The molecule has 0 bridgehead atoms. The van der Waals surface area contributed by atoms with E-state index in [-0.39, 0.29) is 5.91 Å². The van der Waals surface area contributed by atoms with Crippen molar-refractivity contribution in [3.05, 3.63) is 47.9 Å². The summed E-state index contributed by atoms with van der Waals surface area (Å²) in [5, 5.41) is 5.18. The number of aromatic nitrogens is 1. The summed E-state index contributed by atoms with van der Waals surface area (Å²) < 4.78 is 0. The van der Waals surface area contributed by atoms with Crippen molar-refractivity contribution in [1.82, 2.24) is 4.98 Å². The minimum atomic E-state index is -0.239. The van der Waals surface area contributed by atoms with Crippen LogP contribution in [0, 0.1) is 0 Å². The third kappa shape index (κ3) is 2.84. The monoisotopic (exact) mass is 258 g/mol. The summed E-state index contributed by atoms with van der Waals surface area (Å²) in [6, 6.07) is 8.29. The van der Waals surface area contributed by atoms with E-state index in [4.69, 9.17) is 0 Å². The Morgan fingerprint density at radius 3 is 2.78 bits per heavy atom. The average molecular weight is 258 g/mol. The fraction of sp³-hybridized carbons (Fsp3) is 0.143. The zero-order chi connectivity index (χ0) is 13.0. The van der Waals surface area contributed by atoms with Crippen LogP contribution < -0.4 is 5.32 Å². The molecule has 3 nitrogen and oxygen atoms in total. The number of carbonyl (C=O) groups excluding carboxylic acids is 1. The van der Waals surface area contributed by atoms with Crippen molar-refractivity contribution in [2.45, 2.75) is 13.3 Å². The lowest BCUT2D eigenvalue weighted by Crippen LogP contribution is -2.06. The quantitative estimate of drug-likeness (QED) is 0.853. The Hall–Kier alpha value is -1.94. The molecule has 1 N–H and O–H groups in total. The van der Waals surface area contributed by atoms with E-state index in [1.54, 1.807) is 0 Å². The largest absolute Gasteiger partial charge is 0.298 e. The number of hydrogen-bond donors (Lipinski definition) is 1. The van der Waals surface area contributed by atoms with Gasteiger partial charge in [-0.3, -0.25) is 10.1 Å². The van der Waals surface area contributed by atoms with Gasteiger partial charge in [-0.2, -0.15) is 0 Å². The smallest absolute Gasteiger partial charge is 0.249 e. The Balaban J connectivity index is 2.18. The molecule has 4 heteroatoms. The normalized spacial score (nSPS) is 10.1. The molecule has 0 radical (unpaired) electrons. The highest BCUT2D eigenvalue weighted by Crippen LogP contribution is 2.25. The van der Waals surface area contributed by atoms with Gasteiger partial charge in [0.25, 0.3) is 0 Å². The second-order valence-corrected chi connectivity index (χ2v) is 4.64. The van der Waals surface area contributed by atoms with Crippen LogP contribution in [0.2, 0.25) is 0 Å². The van der Waals surface area contributed by atoms with E-state index in [1.807, 2.05) is 17.5 Å². The number of benzene rings is 1. The van der Waals surface area contributed by atoms with Crippen molar-refractivity contribution >= 4 is 22.4 Å². The van der Waals surface area contributed by atoms with Crippen molar-refractivity contribution in [3.63, 3.8) is 0 Å². The van der Waals surface area contributed by atoms with Crippen LogP contribution in [0.4, 0.5) is 5.13 Å². The molecule has 1 aromatic heterocycles. The molecule has 0 aliphatic rings. The van der Waals surface area contributed by atoms with Gasteiger partial charge in [0.05, 0.1) is 5.69 Å². The van der Waals surface area contributed by atoms with Gasteiger partial charge in [-0.25, -0.2) is 4.98 Å². The van der Waals surface area contributed by atoms with Crippen molar-refractivity contribution in [3.8, 4) is 11.3 Å². The molecule has 0 saturated heterocycles. The summed E-state index contributed by atoms with van der Waals surface area (Å²) >= 11 is 1.41. The summed E-state index contributed by atoms with van der Waals surface area (Å²) in [7, 11) is 0. The van der Waals surface area contributed by atoms with E-state index in [1.165, 1.54) is 23.0 Å². The van der Waals surface area contributed by atoms with Crippen LogP contribution in [-0.4, -0.2) is 10.9 Å². The van der Waals surface area contributed by atoms with Crippen LogP contribution >= 0.6 is 11.3 Å². The van der Waals surface area contributed by atoms with E-state index in [0.29, 0.717) is 5.13 Å². The topological polar surface area (TPSA) is 42.0 Å². The fourth-order valence-electron chi connectivity index (χ4n) is 1.53. The minimum Gasteiger partial charge on any atom is -0.298 e. The van der Waals surface area contributed by atoms with E-state index in [2.05, 4.69) is 35.9 Å². The Morgan fingerprint density at radius 1 is 1.44 bits per heavy atom. The maximum atomic E-state index is 11.1. The molecule has 0 fully saturated rings. The van der Waals surface area contributed by atoms with E-state index in [0.717, 1.165) is 17.7 Å². The highest BCUT2D eigenvalue weighted by atomic mass is 32.1. The van der Waals surface area contributed by atoms with E-state index in [9.17, 15) is 4.79 Å². The van der Waals surface area contributed by atoms with Crippen LogP contribution in [0.1, 0.15) is 12.5 Å². The molecule has 2 aromatic rings. The number of rotatable bonds is 4. The van der Waals surface area contributed by atoms with E-state index < -0.39 is 0 Å². The Kier molecular flexibility index (Phi) is 3.89. The van der Waals surface area contributed by atoms with Gasteiger partial charge in [0, 0.05) is 10.9 Å². The van der Waals surface area contributed by atoms with Gasteiger partial charge in [-0.15, -0.1) is 11.3 Å². The number of hydrogen-bond acceptors (Lipinski definition) is 3. The maximum absolute atomic E-state index is 11.1. The molecule has 1 aromatic carbocycles. The van der Waals surface area contributed by atoms with Gasteiger partial charge in [0.1, 0.15) is 0 Å². The molecule has 1 heterocycles. The number of nitrogens with one attached hydrogen (secondary N) is 1. The predicted octanol–water partition coefficient (Wildman–Crippen LogP) is 3.50. The van der Waals surface area contributed by atoms with E-state index >= 15 is 0 Å². The average Bonchev–Trinajstić information content (AvgIpc) is 2.87. The molecule has 2 rings (SSSR count). The predicted molar refractivity (Wildman–Crippen MR) is 75.8 cm³/mol. The first-order chi connectivity index (χ1) is 8.72. The van der Waals surface area contributed by atoms with Crippen molar-refractivity contribution < 1.29 is 4.79 Å². The summed E-state index contributed by atoms with van der Waals surface area (Å²) in [6.07, 6.45) is 2.26. The third-order valence-corrected chi connectivity index (χ3v) is 3.34. The number of nitrogens with zero attached hydrogens (tertiary/aromatic N) is 1. The van der Waals surface area contributed by atoms with Gasteiger partial charge in [0.15, 0.2) is 5.13 Å². The molecule has 0 aliphatic carbocycles. The molecule has 1 amide bonds. The Bertz CT molecular complexity index is 557. The van der Waals surface area contributed by atoms with Gasteiger partial charge >= 0.3 is 0 Å². The van der Waals surface area contributed by atoms with Gasteiger partial charge in [0.2, 0.25) is 5.91 Å². The molecule has 0 unspecified atom stereocenters. The lowest BCUT2D eigenvalue weighted by Gasteiger charge is -1.99. The van der Waals surface area contributed by atoms with Crippen LogP contribution in [0.25, 0.3) is 11.3 Å². The fourth-order valence-corrected chi connectivity index (χ4v) is 2.25. The second-order valence-electron chi connectivity index (χ2n) is 3.78. The number of anilines is 1. The standard InChI is InChI=1S/C14H14N2OS/c1-3-10-5-7-11(8-6-10)12-9-18-14(15-12)16-13(17)4-2/h4-9H,2-3H2,1H3,(H,15,16,17). The van der Waals surface area contributed by atoms with Crippen LogP contribution in [-0.2, 0) is 11.2 Å². The molecule has 92 valence electrons. The summed E-state index contributed by atoms with van der Waals surface area (Å²) in [6.45, 7) is 5.53. The number of carbonyl (C=O) groups is 1. The lowest BCUT2D eigenvalue weighted by molar-refractivity contribution is -0.111. The zero-order valence-corrected chi connectivity index (χ0v) is 11.0. The maximum Gasteiger partial charge on any atom is 0.249 e. The van der Waals surface area contributed by atoms with Crippen LogP contribution in [0.15, 0.2) is 42.3 Å². The molecular formula is C14H14N2OS. The van der Waals surface area contributed by atoms with Crippen molar-refractivity contribution in [2.24, 2.45) is 0 Å². The van der Waals surface area contributed by atoms with Gasteiger partial charge in [-0.05, 0) is 18.1 Å². The molecule has 0 atom stereocenters. The second kappa shape index (κ2) is 5.60.